The van der Waals surface area contributed by atoms with Gasteiger partial charge in [-0.2, -0.15) is 5.26 Å². The van der Waals surface area contributed by atoms with Crippen LogP contribution >= 0.6 is 11.3 Å². The fourth-order valence-electron chi connectivity index (χ4n) is 0.995. The van der Waals surface area contributed by atoms with Crippen molar-refractivity contribution in [2.24, 2.45) is 0 Å². The smallest absolute Gasteiger partial charge is 0.0868 e. The largest absolute Gasteiger partial charge is 0.286 e. The van der Waals surface area contributed by atoms with Gasteiger partial charge >= 0.3 is 0 Å². The van der Waals surface area contributed by atoms with Gasteiger partial charge in [0.1, 0.15) is 0 Å². The van der Waals surface area contributed by atoms with Crippen LogP contribution < -0.4 is 0 Å². The van der Waals surface area contributed by atoms with Gasteiger partial charge in [-0.3, -0.25) is 4.90 Å². The molecule has 64 valence electrons. The molecule has 0 saturated carbocycles. The summed E-state index contributed by atoms with van der Waals surface area (Å²) in [6, 6.07) is 6.63. The molecule has 0 amide bonds. The Hall–Kier alpha value is -0.850. The summed E-state index contributed by atoms with van der Waals surface area (Å²) >= 11 is 1.73. The molecule has 0 aliphatic rings. The standard InChI is InChI=1S/C9H12N2S/c1-8(11(2)6-5-10)9-4-3-7-12-9/h3-4,7-8H,6H2,1-2H3. The molecule has 0 fully saturated rings. The van der Waals surface area contributed by atoms with Crippen LogP contribution in [0.4, 0.5) is 0 Å². The van der Waals surface area contributed by atoms with Crippen molar-refractivity contribution in [3.63, 3.8) is 0 Å². The minimum Gasteiger partial charge on any atom is -0.286 e. The predicted octanol–water partition coefficient (Wildman–Crippen LogP) is 2.26. The van der Waals surface area contributed by atoms with Gasteiger partial charge in [-0.15, -0.1) is 11.3 Å². The van der Waals surface area contributed by atoms with Crippen molar-refractivity contribution in [2.75, 3.05) is 13.6 Å². The van der Waals surface area contributed by atoms with Gasteiger partial charge < -0.3 is 0 Å². The van der Waals surface area contributed by atoms with E-state index in [1.54, 1.807) is 11.3 Å². The molecule has 1 rings (SSSR count). The Balaban J connectivity index is 2.60. The number of hydrogen-bond acceptors (Lipinski definition) is 3. The summed E-state index contributed by atoms with van der Waals surface area (Å²) in [6.45, 7) is 2.60. The summed E-state index contributed by atoms with van der Waals surface area (Å²) in [5.41, 5.74) is 0. The minimum atomic E-state index is 0.352. The van der Waals surface area contributed by atoms with Crippen LogP contribution in [0.5, 0.6) is 0 Å². The molecule has 1 heterocycles. The fraction of sp³-hybridized carbons (Fsp3) is 0.444. The van der Waals surface area contributed by atoms with Crippen LogP contribution in [0.3, 0.4) is 0 Å². The van der Waals surface area contributed by atoms with Crippen molar-refractivity contribution in [2.45, 2.75) is 13.0 Å². The summed E-state index contributed by atoms with van der Waals surface area (Å²) in [4.78, 5) is 3.35. The lowest BCUT2D eigenvalue weighted by atomic mass is 10.2. The van der Waals surface area contributed by atoms with Crippen LogP contribution in [0.25, 0.3) is 0 Å². The monoisotopic (exact) mass is 180 g/mol. The Bertz CT molecular complexity index is 261. The van der Waals surface area contributed by atoms with E-state index in [1.165, 1.54) is 4.88 Å². The van der Waals surface area contributed by atoms with Gasteiger partial charge in [-0.05, 0) is 25.4 Å². The zero-order valence-electron chi connectivity index (χ0n) is 7.32. The van der Waals surface area contributed by atoms with Gasteiger partial charge in [0.25, 0.3) is 0 Å². The normalized spacial score (nSPS) is 12.8. The maximum Gasteiger partial charge on any atom is 0.0868 e. The molecule has 0 spiro atoms. The molecule has 0 aromatic carbocycles. The van der Waals surface area contributed by atoms with Gasteiger partial charge in [-0.25, -0.2) is 0 Å². The highest BCUT2D eigenvalue weighted by atomic mass is 32.1. The first-order chi connectivity index (χ1) is 5.75. The van der Waals surface area contributed by atoms with E-state index in [9.17, 15) is 0 Å². The van der Waals surface area contributed by atoms with Crippen molar-refractivity contribution in [3.8, 4) is 6.07 Å². The molecule has 2 nitrogen and oxygen atoms in total. The van der Waals surface area contributed by atoms with Crippen LogP contribution in [0.1, 0.15) is 17.8 Å². The average Bonchev–Trinajstić information content (AvgIpc) is 2.55. The van der Waals surface area contributed by atoms with E-state index in [0.717, 1.165) is 0 Å². The number of hydrogen-bond donors (Lipinski definition) is 0. The second-order valence-corrected chi connectivity index (χ2v) is 3.74. The second kappa shape index (κ2) is 4.24. The number of rotatable bonds is 3. The molecule has 3 heteroatoms. The third-order valence-corrected chi connectivity index (χ3v) is 2.98. The van der Waals surface area contributed by atoms with E-state index < -0.39 is 0 Å². The van der Waals surface area contributed by atoms with Crippen molar-refractivity contribution in [3.05, 3.63) is 22.4 Å². The van der Waals surface area contributed by atoms with Gasteiger partial charge in [0, 0.05) is 10.9 Å². The highest BCUT2D eigenvalue weighted by Gasteiger charge is 2.10. The van der Waals surface area contributed by atoms with Crippen molar-refractivity contribution in [1.82, 2.24) is 4.90 Å². The lowest BCUT2D eigenvalue weighted by molar-refractivity contribution is 0.297. The molecule has 0 N–H and O–H groups in total. The molecule has 1 aromatic rings. The molecule has 1 unspecified atom stereocenters. The molecule has 0 aliphatic carbocycles. The first-order valence-corrected chi connectivity index (χ1v) is 4.74. The molecule has 1 atom stereocenters. The van der Waals surface area contributed by atoms with E-state index in [2.05, 4.69) is 24.4 Å². The molecule has 0 bridgehead atoms. The molecule has 0 aliphatic heterocycles. The van der Waals surface area contributed by atoms with Gasteiger partial charge in [-0.1, -0.05) is 6.07 Å². The lowest BCUT2D eigenvalue weighted by Crippen LogP contribution is -2.21. The van der Waals surface area contributed by atoms with Crippen molar-refractivity contribution >= 4 is 11.3 Å². The highest BCUT2D eigenvalue weighted by molar-refractivity contribution is 7.10. The van der Waals surface area contributed by atoms with Crippen molar-refractivity contribution in [1.29, 1.82) is 5.26 Å². The molecule has 1 aromatic heterocycles. The molecule has 0 saturated heterocycles. The third-order valence-electron chi connectivity index (χ3n) is 1.94. The average molecular weight is 180 g/mol. The van der Waals surface area contributed by atoms with Gasteiger partial charge in [0.05, 0.1) is 12.6 Å². The number of nitriles is 1. The SMILES string of the molecule is CC(c1cccs1)N(C)CC#N. The number of thiophene rings is 1. The highest BCUT2D eigenvalue weighted by Crippen LogP contribution is 2.22. The maximum absolute atomic E-state index is 8.49. The Kier molecular flexibility index (Phi) is 3.27. The van der Waals surface area contributed by atoms with E-state index in [1.807, 2.05) is 18.0 Å². The molecule has 12 heavy (non-hydrogen) atoms. The van der Waals surface area contributed by atoms with Crippen LogP contribution in [0, 0.1) is 11.3 Å². The summed E-state index contributed by atoms with van der Waals surface area (Å²) < 4.78 is 0. The minimum absolute atomic E-state index is 0.352. The summed E-state index contributed by atoms with van der Waals surface area (Å²) in [5, 5.41) is 10.6. The zero-order chi connectivity index (χ0) is 8.97. The van der Waals surface area contributed by atoms with Crippen LogP contribution in [0.15, 0.2) is 17.5 Å². The Labute approximate surface area is 77.0 Å². The quantitative estimate of drug-likeness (QED) is 0.667. The van der Waals surface area contributed by atoms with Crippen LogP contribution in [0.2, 0.25) is 0 Å². The first-order valence-electron chi connectivity index (χ1n) is 3.86. The number of nitrogens with zero attached hydrogens (tertiary/aromatic N) is 2. The van der Waals surface area contributed by atoms with E-state index in [-0.39, 0.29) is 0 Å². The summed E-state index contributed by atoms with van der Waals surface area (Å²) in [6.07, 6.45) is 0. The van der Waals surface area contributed by atoms with Crippen LogP contribution in [-0.4, -0.2) is 18.5 Å². The maximum atomic E-state index is 8.49. The van der Waals surface area contributed by atoms with Crippen LogP contribution in [-0.2, 0) is 0 Å². The topological polar surface area (TPSA) is 27.0 Å². The zero-order valence-corrected chi connectivity index (χ0v) is 8.14. The molecular weight excluding hydrogens is 168 g/mol. The molecule has 0 radical (unpaired) electrons. The summed E-state index contributed by atoms with van der Waals surface area (Å²) in [7, 11) is 1.97. The van der Waals surface area contributed by atoms with Gasteiger partial charge in [0.2, 0.25) is 0 Å². The lowest BCUT2D eigenvalue weighted by Gasteiger charge is -2.20. The van der Waals surface area contributed by atoms with Gasteiger partial charge in [0.15, 0.2) is 0 Å². The second-order valence-electron chi connectivity index (χ2n) is 2.76. The van der Waals surface area contributed by atoms with E-state index in [0.29, 0.717) is 12.6 Å². The van der Waals surface area contributed by atoms with E-state index >= 15 is 0 Å². The van der Waals surface area contributed by atoms with E-state index in [4.69, 9.17) is 5.26 Å². The Morgan fingerprint density at radius 2 is 2.50 bits per heavy atom. The molecular formula is C9H12N2S. The first kappa shape index (κ1) is 9.24. The fourth-order valence-corrected chi connectivity index (χ4v) is 1.84. The van der Waals surface area contributed by atoms with Crippen molar-refractivity contribution < 1.29 is 0 Å². The third kappa shape index (κ3) is 2.07. The Morgan fingerprint density at radius 1 is 1.75 bits per heavy atom. The Morgan fingerprint density at radius 3 is 3.00 bits per heavy atom. The summed E-state index contributed by atoms with van der Waals surface area (Å²) in [5.74, 6) is 0. The predicted molar refractivity (Wildman–Crippen MR) is 51.0 cm³/mol.